The fraction of sp³-hybridized carbons (Fsp3) is 0.429. The molecule has 0 unspecified atom stereocenters. The highest BCUT2D eigenvalue weighted by atomic mass is 28.3. The molecule has 0 heterocycles. The second kappa shape index (κ2) is 6.58. The lowest BCUT2D eigenvalue weighted by molar-refractivity contribution is 1.77. The highest BCUT2D eigenvalue weighted by Crippen LogP contribution is 2.00. The van der Waals surface area contributed by atoms with Crippen molar-refractivity contribution >= 4 is 16.1 Å². The zero-order valence-corrected chi connectivity index (χ0v) is 13.3. The molecule has 0 rings (SSSR count). The summed E-state index contributed by atoms with van der Waals surface area (Å²) in [5.41, 5.74) is 5.50. The number of allylic oxidation sites excluding steroid dienone is 3. The predicted octanol–water partition coefficient (Wildman–Crippen LogP) is 3.86. The molecule has 0 nitrogen and oxygen atoms in total. The van der Waals surface area contributed by atoms with Crippen LogP contribution in [0, 0.1) is 23.3 Å². The molecule has 0 amide bonds. The maximum atomic E-state index is 3.26. The Kier molecular flexibility index (Phi) is 6.18. The second-order valence-corrected chi connectivity index (χ2v) is 15.7. The fourth-order valence-electron chi connectivity index (χ4n) is 0.729. The van der Waals surface area contributed by atoms with E-state index >= 15 is 0 Å². The monoisotopic (exact) mass is 246 g/mol. The summed E-state index contributed by atoms with van der Waals surface area (Å²) in [4.78, 5) is 0. The lowest BCUT2D eigenvalue weighted by Crippen LogP contribution is -2.16. The molecule has 0 atom stereocenters. The highest BCUT2D eigenvalue weighted by molar-refractivity contribution is 6.83. The summed E-state index contributed by atoms with van der Waals surface area (Å²) in [6.45, 7) is 13.6. The summed E-state index contributed by atoms with van der Waals surface area (Å²) in [6.07, 6.45) is 5.62. The first-order valence-corrected chi connectivity index (χ1v) is 12.6. The molecule has 0 aliphatic heterocycles. The van der Waals surface area contributed by atoms with E-state index in [1.54, 1.807) is 0 Å². The van der Waals surface area contributed by atoms with E-state index in [9.17, 15) is 0 Å². The normalized spacial score (nSPS) is 12.1. The van der Waals surface area contributed by atoms with Gasteiger partial charge in [-0.15, -0.1) is 5.54 Å². The molecule has 86 valence electrons. The SMILES string of the molecule is C[Si](C)(C)C#C/C=C/C#C/C=C/[Si](C)(C)C. The van der Waals surface area contributed by atoms with Crippen molar-refractivity contribution in [1.29, 1.82) is 0 Å². The van der Waals surface area contributed by atoms with Crippen LogP contribution >= 0.6 is 0 Å². The number of rotatable bonds is 1. The Morgan fingerprint density at radius 1 is 0.688 bits per heavy atom. The minimum Gasteiger partial charge on any atom is -0.127 e. The molecule has 2 heteroatoms. The van der Waals surface area contributed by atoms with E-state index in [-0.39, 0.29) is 0 Å². The van der Waals surface area contributed by atoms with Crippen LogP contribution < -0.4 is 0 Å². The van der Waals surface area contributed by atoms with Gasteiger partial charge in [-0.25, -0.2) is 0 Å². The Morgan fingerprint density at radius 3 is 1.69 bits per heavy atom. The summed E-state index contributed by atoms with van der Waals surface area (Å²) >= 11 is 0. The van der Waals surface area contributed by atoms with E-state index in [0.717, 1.165) is 0 Å². The molecule has 0 bridgehead atoms. The molecule has 0 aliphatic carbocycles. The van der Waals surface area contributed by atoms with Crippen LogP contribution in [0.3, 0.4) is 0 Å². The van der Waals surface area contributed by atoms with Crippen molar-refractivity contribution < 1.29 is 0 Å². The maximum absolute atomic E-state index is 3.26. The molecule has 0 radical (unpaired) electrons. The Bertz CT molecular complexity index is 379. The lowest BCUT2D eigenvalue weighted by Gasteiger charge is -2.05. The summed E-state index contributed by atoms with van der Waals surface area (Å²) in [5, 5.41) is 0. The van der Waals surface area contributed by atoms with Crippen molar-refractivity contribution in [2.45, 2.75) is 39.3 Å². The Balaban J connectivity index is 4.16. The van der Waals surface area contributed by atoms with Gasteiger partial charge in [0.2, 0.25) is 0 Å². The summed E-state index contributed by atoms with van der Waals surface area (Å²) in [7, 11) is -2.31. The van der Waals surface area contributed by atoms with Crippen LogP contribution in [0.25, 0.3) is 0 Å². The van der Waals surface area contributed by atoms with E-state index in [0.29, 0.717) is 0 Å². The van der Waals surface area contributed by atoms with E-state index in [1.165, 1.54) is 0 Å². The fourth-order valence-corrected chi connectivity index (χ4v) is 1.83. The Morgan fingerprint density at radius 2 is 1.19 bits per heavy atom. The van der Waals surface area contributed by atoms with Crippen LogP contribution in [-0.2, 0) is 0 Å². The highest BCUT2D eigenvalue weighted by Gasteiger charge is 2.06. The third-order valence-electron chi connectivity index (χ3n) is 1.45. The van der Waals surface area contributed by atoms with Crippen LogP contribution in [0.2, 0.25) is 39.3 Å². The van der Waals surface area contributed by atoms with Crippen LogP contribution in [0.5, 0.6) is 0 Å². The molecule has 0 fully saturated rings. The van der Waals surface area contributed by atoms with Gasteiger partial charge >= 0.3 is 0 Å². The topological polar surface area (TPSA) is 0 Å². The first-order chi connectivity index (χ1) is 7.21. The molecular formula is C14H22Si2. The van der Waals surface area contributed by atoms with Gasteiger partial charge in [0.15, 0.2) is 0 Å². The van der Waals surface area contributed by atoms with E-state index in [1.807, 2.05) is 18.2 Å². The van der Waals surface area contributed by atoms with Gasteiger partial charge in [-0.3, -0.25) is 0 Å². The first kappa shape index (κ1) is 15.0. The molecule has 0 aromatic rings. The van der Waals surface area contributed by atoms with Crippen LogP contribution in [-0.4, -0.2) is 16.1 Å². The van der Waals surface area contributed by atoms with E-state index in [4.69, 9.17) is 0 Å². The van der Waals surface area contributed by atoms with Crippen LogP contribution in [0.4, 0.5) is 0 Å². The Hall–Kier alpha value is -0.966. The van der Waals surface area contributed by atoms with Gasteiger partial charge < -0.3 is 0 Å². The standard InChI is InChI=1S/C14H22Si2/c1-15(2,3)13-11-9-7-8-10-12-14-16(4,5)6/h7,9,12,14H,1-6H3/b9-7+,14-12+. The average Bonchev–Trinajstić information content (AvgIpc) is 2.06. The van der Waals surface area contributed by atoms with Crippen molar-refractivity contribution in [2.75, 3.05) is 0 Å². The molecule has 0 saturated carbocycles. The van der Waals surface area contributed by atoms with Crippen molar-refractivity contribution in [2.24, 2.45) is 0 Å². The summed E-state index contributed by atoms with van der Waals surface area (Å²) in [6, 6.07) is 0. The zero-order valence-electron chi connectivity index (χ0n) is 11.3. The first-order valence-electron chi connectivity index (χ1n) is 5.57. The van der Waals surface area contributed by atoms with Gasteiger partial charge in [0, 0.05) is 0 Å². The molecule has 0 N–H and O–H groups in total. The molecular weight excluding hydrogens is 224 g/mol. The molecule has 0 aromatic heterocycles. The molecule has 0 aliphatic rings. The van der Waals surface area contributed by atoms with E-state index in [2.05, 4.69) is 68.3 Å². The minimum atomic E-state index is -1.23. The minimum absolute atomic E-state index is 1.09. The average molecular weight is 247 g/mol. The largest absolute Gasteiger partial charge is 0.129 e. The van der Waals surface area contributed by atoms with Gasteiger partial charge in [-0.05, 0) is 18.2 Å². The van der Waals surface area contributed by atoms with Gasteiger partial charge in [-0.1, -0.05) is 62.7 Å². The number of hydrogen-bond acceptors (Lipinski definition) is 0. The molecule has 16 heavy (non-hydrogen) atoms. The summed E-state index contributed by atoms with van der Waals surface area (Å²) in [5.74, 6) is 9.01. The maximum Gasteiger partial charge on any atom is 0.129 e. The van der Waals surface area contributed by atoms with Gasteiger partial charge in [0.1, 0.15) is 8.07 Å². The van der Waals surface area contributed by atoms with E-state index < -0.39 is 16.1 Å². The Labute approximate surface area is 103 Å². The zero-order chi connectivity index (χ0) is 12.7. The second-order valence-electron chi connectivity index (χ2n) is 5.84. The molecule has 0 spiro atoms. The van der Waals surface area contributed by atoms with Crippen molar-refractivity contribution in [1.82, 2.24) is 0 Å². The lowest BCUT2D eigenvalue weighted by atomic mass is 10.5. The number of hydrogen-bond donors (Lipinski definition) is 0. The van der Waals surface area contributed by atoms with Crippen molar-refractivity contribution in [3.05, 3.63) is 23.9 Å². The van der Waals surface area contributed by atoms with Crippen molar-refractivity contribution in [3.63, 3.8) is 0 Å². The molecule has 0 aromatic carbocycles. The van der Waals surface area contributed by atoms with Crippen LogP contribution in [0.1, 0.15) is 0 Å². The third kappa shape index (κ3) is 13.0. The smallest absolute Gasteiger partial charge is 0.127 e. The molecule has 0 saturated heterocycles. The summed E-state index contributed by atoms with van der Waals surface area (Å²) < 4.78 is 0. The van der Waals surface area contributed by atoms with Gasteiger partial charge in [-0.2, -0.15) is 0 Å². The van der Waals surface area contributed by atoms with Crippen LogP contribution in [0.15, 0.2) is 23.9 Å². The third-order valence-corrected chi connectivity index (χ3v) is 3.51. The van der Waals surface area contributed by atoms with Gasteiger partial charge in [0.05, 0.1) is 8.07 Å². The quantitative estimate of drug-likeness (QED) is 0.487. The van der Waals surface area contributed by atoms with Crippen molar-refractivity contribution in [3.8, 4) is 23.3 Å². The predicted molar refractivity (Wildman–Crippen MR) is 80.5 cm³/mol. The van der Waals surface area contributed by atoms with Gasteiger partial charge in [0.25, 0.3) is 0 Å².